The first-order chi connectivity index (χ1) is 6.43. The molecule has 0 aromatic carbocycles. The minimum absolute atomic E-state index is 0.0559. The molecule has 0 heterocycles. The van der Waals surface area contributed by atoms with E-state index in [0.29, 0.717) is 0 Å². The van der Waals surface area contributed by atoms with Gasteiger partial charge in [0.25, 0.3) is 11.4 Å². The van der Waals surface area contributed by atoms with Gasteiger partial charge in [-0.15, -0.1) is 0 Å². The van der Waals surface area contributed by atoms with E-state index in [1.807, 2.05) is 0 Å². The van der Waals surface area contributed by atoms with Gasteiger partial charge in [0.15, 0.2) is 5.78 Å². The van der Waals surface area contributed by atoms with Crippen LogP contribution < -0.4 is 0 Å². The normalized spacial score (nSPS) is 16.6. The first kappa shape index (κ1) is 10.0. The van der Waals surface area contributed by atoms with Crippen molar-refractivity contribution in [2.24, 2.45) is 0 Å². The SMILES string of the molecule is CC1=C([N+](=O)[O-])CC(=O)C=C1[N+](=O)[O-]. The van der Waals surface area contributed by atoms with Crippen molar-refractivity contribution >= 4 is 5.78 Å². The Kier molecular flexibility index (Phi) is 2.41. The number of rotatable bonds is 2. The largest absolute Gasteiger partial charge is 0.294 e. The molecular weight excluding hydrogens is 192 g/mol. The van der Waals surface area contributed by atoms with Gasteiger partial charge in [-0.3, -0.25) is 25.0 Å². The summed E-state index contributed by atoms with van der Waals surface area (Å²) in [5, 5.41) is 20.8. The van der Waals surface area contributed by atoms with Crippen molar-refractivity contribution in [2.75, 3.05) is 0 Å². The molecular formula is C7H6N2O5. The summed E-state index contributed by atoms with van der Waals surface area (Å²) in [5.41, 5.74) is -0.947. The fourth-order valence-electron chi connectivity index (χ4n) is 1.15. The molecule has 0 bridgehead atoms. The number of ketones is 1. The predicted octanol–water partition coefficient (Wildman–Crippen LogP) is 0.670. The van der Waals surface area contributed by atoms with Gasteiger partial charge < -0.3 is 0 Å². The fraction of sp³-hybridized carbons (Fsp3) is 0.286. The Morgan fingerprint density at radius 1 is 1.29 bits per heavy atom. The molecule has 0 amide bonds. The highest BCUT2D eigenvalue weighted by molar-refractivity contribution is 5.93. The molecule has 0 saturated heterocycles. The van der Waals surface area contributed by atoms with E-state index in [-0.39, 0.29) is 12.0 Å². The zero-order valence-corrected chi connectivity index (χ0v) is 7.22. The summed E-state index contributed by atoms with van der Waals surface area (Å²) in [6, 6.07) is 0. The minimum Gasteiger partial charge on any atom is -0.294 e. The van der Waals surface area contributed by atoms with Gasteiger partial charge in [-0.2, -0.15) is 0 Å². The number of hydrogen-bond donors (Lipinski definition) is 0. The molecule has 0 unspecified atom stereocenters. The van der Waals surface area contributed by atoms with Crippen molar-refractivity contribution in [3.8, 4) is 0 Å². The topological polar surface area (TPSA) is 103 Å². The predicted molar refractivity (Wildman–Crippen MR) is 44.4 cm³/mol. The third kappa shape index (κ3) is 1.65. The van der Waals surface area contributed by atoms with Gasteiger partial charge in [-0.25, -0.2) is 0 Å². The van der Waals surface area contributed by atoms with E-state index in [2.05, 4.69) is 0 Å². The molecule has 0 spiro atoms. The van der Waals surface area contributed by atoms with E-state index in [1.165, 1.54) is 6.92 Å². The number of allylic oxidation sites excluding steroid dienone is 3. The zero-order chi connectivity index (χ0) is 10.9. The van der Waals surface area contributed by atoms with Crippen LogP contribution in [-0.4, -0.2) is 15.6 Å². The lowest BCUT2D eigenvalue weighted by Crippen LogP contribution is -2.16. The van der Waals surface area contributed by atoms with Crippen LogP contribution in [0.15, 0.2) is 23.0 Å². The van der Waals surface area contributed by atoms with Crippen molar-refractivity contribution in [3.63, 3.8) is 0 Å². The van der Waals surface area contributed by atoms with Crippen LogP contribution in [0.2, 0.25) is 0 Å². The average molecular weight is 198 g/mol. The summed E-state index contributed by atoms with van der Waals surface area (Å²) in [7, 11) is 0. The molecule has 1 aliphatic carbocycles. The van der Waals surface area contributed by atoms with Gasteiger partial charge in [0.2, 0.25) is 0 Å². The zero-order valence-electron chi connectivity index (χ0n) is 7.22. The van der Waals surface area contributed by atoms with Crippen molar-refractivity contribution in [3.05, 3.63) is 43.3 Å². The highest BCUT2D eigenvalue weighted by Gasteiger charge is 2.32. The highest BCUT2D eigenvalue weighted by atomic mass is 16.6. The maximum Gasteiger partial charge on any atom is 0.282 e. The van der Waals surface area contributed by atoms with E-state index < -0.39 is 27.0 Å². The Balaban J connectivity index is 3.25. The molecule has 7 heteroatoms. The third-order valence-corrected chi connectivity index (χ3v) is 1.87. The van der Waals surface area contributed by atoms with Crippen molar-refractivity contribution in [1.29, 1.82) is 0 Å². The Bertz CT molecular complexity index is 375. The fourth-order valence-corrected chi connectivity index (χ4v) is 1.15. The smallest absolute Gasteiger partial charge is 0.282 e. The number of nitrogens with zero attached hydrogens (tertiary/aromatic N) is 2. The molecule has 1 rings (SSSR count). The summed E-state index contributed by atoms with van der Waals surface area (Å²) in [4.78, 5) is 30.2. The standard InChI is InChI=1S/C7H6N2O5/c1-4-6(8(11)12)2-5(10)3-7(4)9(13)14/h2H,3H2,1H3. The lowest BCUT2D eigenvalue weighted by atomic mass is 10.0. The molecule has 0 fully saturated rings. The molecule has 0 saturated carbocycles. The van der Waals surface area contributed by atoms with Crippen LogP contribution in [0, 0.1) is 20.2 Å². The quantitative estimate of drug-likeness (QED) is 0.479. The van der Waals surface area contributed by atoms with E-state index in [4.69, 9.17) is 0 Å². The molecule has 1 aliphatic rings. The van der Waals surface area contributed by atoms with Gasteiger partial charge in [-0.05, 0) is 6.92 Å². The molecule has 74 valence electrons. The van der Waals surface area contributed by atoms with Crippen molar-refractivity contribution in [1.82, 2.24) is 0 Å². The van der Waals surface area contributed by atoms with E-state index in [9.17, 15) is 25.0 Å². The van der Waals surface area contributed by atoms with E-state index in [0.717, 1.165) is 6.08 Å². The van der Waals surface area contributed by atoms with Gasteiger partial charge in [0.05, 0.1) is 15.9 Å². The molecule has 0 aromatic rings. The monoisotopic (exact) mass is 198 g/mol. The van der Waals surface area contributed by atoms with Crippen LogP contribution in [-0.2, 0) is 4.79 Å². The van der Waals surface area contributed by atoms with Crippen LogP contribution in [0.5, 0.6) is 0 Å². The molecule has 7 nitrogen and oxygen atoms in total. The van der Waals surface area contributed by atoms with Gasteiger partial charge in [0, 0.05) is 0 Å². The second-order valence-electron chi connectivity index (χ2n) is 2.76. The summed E-state index contributed by atoms with van der Waals surface area (Å²) in [6.45, 7) is 1.26. The van der Waals surface area contributed by atoms with Crippen molar-refractivity contribution < 1.29 is 14.6 Å². The molecule has 0 aromatic heterocycles. The number of carbonyl (C=O) groups excluding carboxylic acids is 1. The van der Waals surface area contributed by atoms with Gasteiger partial charge in [-0.1, -0.05) is 0 Å². The Morgan fingerprint density at radius 3 is 2.29 bits per heavy atom. The summed E-state index contributed by atoms with van der Waals surface area (Å²) in [6.07, 6.45) is 0.443. The van der Waals surface area contributed by atoms with Crippen LogP contribution in [0.3, 0.4) is 0 Å². The summed E-state index contributed by atoms with van der Waals surface area (Å²) < 4.78 is 0. The summed E-state index contributed by atoms with van der Waals surface area (Å²) in [5.74, 6) is -0.617. The first-order valence-electron chi connectivity index (χ1n) is 3.67. The number of carbonyl (C=O) groups is 1. The lowest BCUT2D eigenvalue weighted by Gasteiger charge is -2.05. The Labute approximate surface area is 78.0 Å². The maximum absolute atomic E-state index is 10.9. The molecule has 0 aliphatic heterocycles. The first-order valence-corrected chi connectivity index (χ1v) is 3.67. The average Bonchev–Trinajstić information content (AvgIpc) is 2.07. The van der Waals surface area contributed by atoms with E-state index >= 15 is 0 Å². The Hall–Kier alpha value is -2.05. The maximum atomic E-state index is 10.9. The lowest BCUT2D eigenvalue weighted by molar-refractivity contribution is -0.439. The second-order valence-corrected chi connectivity index (χ2v) is 2.76. The molecule has 0 atom stereocenters. The van der Waals surface area contributed by atoms with E-state index in [1.54, 1.807) is 0 Å². The molecule has 0 radical (unpaired) electrons. The molecule has 14 heavy (non-hydrogen) atoms. The molecule has 0 N–H and O–H groups in total. The Morgan fingerprint density at radius 2 is 1.86 bits per heavy atom. The number of hydrogen-bond acceptors (Lipinski definition) is 5. The third-order valence-electron chi connectivity index (χ3n) is 1.87. The van der Waals surface area contributed by atoms with Gasteiger partial charge in [0.1, 0.15) is 12.0 Å². The van der Waals surface area contributed by atoms with Crippen LogP contribution in [0.4, 0.5) is 0 Å². The second kappa shape index (κ2) is 3.36. The van der Waals surface area contributed by atoms with Crippen LogP contribution >= 0.6 is 0 Å². The minimum atomic E-state index is -0.796. The van der Waals surface area contributed by atoms with Crippen LogP contribution in [0.1, 0.15) is 13.3 Å². The van der Waals surface area contributed by atoms with Crippen LogP contribution in [0.25, 0.3) is 0 Å². The highest BCUT2D eigenvalue weighted by Crippen LogP contribution is 2.23. The van der Waals surface area contributed by atoms with Gasteiger partial charge >= 0.3 is 0 Å². The number of nitro groups is 2. The van der Waals surface area contributed by atoms with Crippen molar-refractivity contribution in [2.45, 2.75) is 13.3 Å². The summed E-state index contributed by atoms with van der Waals surface area (Å²) >= 11 is 0.